The number of nitrogens with two attached hydrogens (primary N) is 1. The lowest BCUT2D eigenvalue weighted by atomic mass is 9.98. The maximum absolute atomic E-state index is 11.1. The number of hydrogen-bond acceptors (Lipinski definition) is 3. The van der Waals surface area contributed by atoms with Crippen LogP contribution in [0.3, 0.4) is 0 Å². The van der Waals surface area contributed by atoms with Crippen LogP contribution in [0.25, 0.3) is 0 Å². The smallest absolute Gasteiger partial charge is 0.337 e. The van der Waals surface area contributed by atoms with Gasteiger partial charge in [-0.2, -0.15) is 0 Å². The van der Waals surface area contributed by atoms with Crippen LogP contribution in [0.5, 0.6) is 0 Å². The van der Waals surface area contributed by atoms with E-state index in [2.05, 4.69) is 11.8 Å². The number of nitrogen functional groups attached to an aromatic ring is 1. The first-order chi connectivity index (χ1) is 9.13. The third-order valence-electron chi connectivity index (χ3n) is 4.08. The van der Waals surface area contributed by atoms with Gasteiger partial charge < -0.3 is 15.7 Å². The molecule has 4 heteroatoms. The molecule has 2 rings (SSSR count). The van der Waals surface area contributed by atoms with Gasteiger partial charge in [-0.05, 0) is 37.3 Å². The summed E-state index contributed by atoms with van der Waals surface area (Å²) in [6.45, 7) is 4.16. The summed E-state index contributed by atoms with van der Waals surface area (Å²) in [6, 6.07) is 5.26. The Morgan fingerprint density at radius 2 is 2.21 bits per heavy atom. The summed E-state index contributed by atoms with van der Waals surface area (Å²) < 4.78 is 0. The maximum Gasteiger partial charge on any atom is 0.337 e. The van der Waals surface area contributed by atoms with Crippen LogP contribution in [0.15, 0.2) is 18.2 Å². The normalized spacial score (nSPS) is 20.1. The highest BCUT2D eigenvalue weighted by molar-refractivity contribution is 5.97. The average molecular weight is 262 g/mol. The molecule has 19 heavy (non-hydrogen) atoms. The number of para-hydroxylation sites is 1. The summed E-state index contributed by atoms with van der Waals surface area (Å²) in [5, 5.41) is 9.13. The molecule has 1 saturated heterocycles. The Labute approximate surface area is 114 Å². The van der Waals surface area contributed by atoms with Crippen molar-refractivity contribution in [3.05, 3.63) is 23.8 Å². The van der Waals surface area contributed by atoms with E-state index in [1.165, 1.54) is 12.8 Å². The lowest BCUT2D eigenvalue weighted by Crippen LogP contribution is -2.25. The van der Waals surface area contributed by atoms with Crippen LogP contribution < -0.4 is 10.6 Å². The van der Waals surface area contributed by atoms with Gasteiger partial charge in [0.1, 0.15) is 0 Å². The van der Waals surface area contributed by atoms with Gasteiger partial charge in [-0.15, -0.1) is 0 Å². The maximum atomic E-state index is 11.1. The molecule has 1 heterocycles. The van der Waals surface area contributed by atoms with Gasteiger partial charge in [0.2, 0.25) is 0 Å². The molecule has 0 spiro atoms. The van der Waals surface area contributed by atoms with E-state index in [0.717, 1.165) is 37.5 Å². The van der Waals surface area contributed by atoms with Crippen molar-refractivity contribution in [3.8, 4) is 0 Å². The molecule has 0 amide bonds. The minimum absolute atomic E-state index is 0.203. The zero-order valence-electron chi connectivity index (χ0n) is 11.4. The highest BCUT2D eigenvalue weighted by atomic mass is 16.4. The third kappa shape index (κ3) is 3.00. The first-order valence-corrected chi connectivity index (χ1v) is 7.00. The number of benzene rings is 1. The Hall–Kier alpha value is -1.71. The molecule has 1 fully saturated rings. The summed E-state index contributed by atoms with van der Waals surface area (Å²) >= 11 is 0. The van der Waals surface area contributed by atoms with Crippen LogP contribution in [0.4, 0.5) is 11.4 Å². The van der Waals surface area contributed by atoms with Crippen molar-refractivity contribution < 1.29 is 9.90 Å². The first-order valence-electron chi connectivity index (χ1n) is 7.00. The third-order valence-corrected chi connectivity index (χ3v) is 4.08. The van der Waals surface area contributed by atoms with E-state index in [-0.39, 0.29) is 5.56 Å². The molecule has 1 atom stereocenters. The Balaban J connectivity index is 2.22. The van der Waals surface area contributed by atoms with Gasteiger partial charge in [-0.25, -0.2) is 4.79 Å². The second kappa shape index (κ2) is 5.95. The standard InChI is InChI=1S/C15H22N2O2/c1-2-11-5-4-9-17(10-8-11)13-7-3-6-12(14(13)16)15(18)19/h3,6-7,11H,2,4-5,8-10,16H2,1H3,(H,18,19). The minimum atomic E-state index is -0.958. The Kier molecular flexibility index (Phi) is 4.30. The number of anilines is 2. The van der Waals surface area contributed by atoms with Crippen molar-refractivity contribution >= 4 is 17.3 Å². The van der Waals surface area contributed by atoms with E-state index in [9.17, 15) is 4.79 Å². The van der Waals surface area contributed by atoms with Crippen LogP contribution in [-0.4, -0.2) is 24.2 Å². The molecule has 1 aromatic rings. The Morgan fingerprint density at radius 1 is 1.42 bits per heavy atom. The molecular formula is C15H22N2O2. The van der Waals surface area contributed by atoms with Crippen molar-refractivity contribution in [1.82, 2.24) is 0 Å². The quantitative estimate of drug-likeness (QED) is 0.822. The zero-order chi connectivity index (χ0) is 13.8. The van der Waals surface area contributed by atoms with Crippen molar-refractivity contribution in [3.63, 3.8) is 0 Å². The monoisotopic (exact) mass is 262 g/mol. The van der Waals surface area contributed by atoms with Crippen LogP contribution in [0, 0.1) is 5.92 Å². The Bertz CT molecular complexity index is 459. The molecule has 0 saturated carbocycles. The fourth-order valence-electron chi connectivity index (χ4n) is 2.83. The SMILES string of the molecule is CCC1CCCN(c2cccc(C(=O)O)c2N)CC1. The van der Waals surface area contributed by atoms with E-state index in [0.29, 0.717) is 5.69 Å². The number of carboxylic acids is 1. The molecule has 104 valence electrons. The van der Waals surface area contributed by atoms with E-state index in [1.807, 2.05) is 6.07 Å². The van der Waals surface area contributed by atoms with Crippen molar-refractivity contribution in [2.45, 2.75) is 32.6 Å². The highest BCUT2D eigenvalue weighted by Gasteiger charge is 2.19. The van der Waals surface area contributed by atoms with Gasteiger partial charge in [-0.1, -0.05) is 19.4 Å². The molecular weight excluding hydrogens is 240 g/mol. The molecule has 1 aliphatic rings. The molecule has 0 aliphatic carbocycles. The second-order valence-electron chi connectivity index (χ2n) is 5.24. The van der Waals surface area contributed by atoms with E-state index in [4.69, 9.17) is 10.8 Å². The number of nitrogens with zero attached hydrogens (tertiary/aromatic N) is 1. The van der Waals surface area contributed by atoms with Gasteiger partial charge in [-0.3, -0.25) is 0 Å². The first kappa shape index (κ1) is 13.7. The predicted molar refractivity (Wildman–Crippen MR) is 77.7 cm³/mol. The molecule has 0 radical (unpaired) electrons. The number of carboxylic acid groups (broad SMARTS) is 1. The van der Waals surface area contributed by atoms with E-state index < -0.39 is 5.97 Å². The molecule has 1 aromatic carbocycles. The summed E-state index contributed by atoms with van der Waals surface area (Å²) in [4.78, 5) is 13.4. The summed E-state index contributed by atoms with van der Waals surface area (Å²) in [5.74, 6) is -0.172. The van der Waals surface area contributed by atoms with Gasteiger partial charge in [0.25, 0.3) is 0 Å². The molecule has 0 aromatic heterocycles. The van der Waals surface area contributed by atoms with Crippen LogP contribution in [0.1, 0.15) is 43.0 Å². The lowest BCUT2D eigenvalue weighted by Gasteiger charge is -2.25. The van der Waals surface area contributed by atoms with Crippen LogP contribution in [0.2, 0.25) is 0 Å². The molecule has 3 N–H and O–H groups in total. The average Bonchev–Trinajstić information content (AvgIpc) is 2.64. The number of rotatable bonds is 3. The van der Waals surface area contributed by atoms with Crippen LogP contribution in [-0.2, 0) is 0 Å². The molecule has 1 unspecified atom stereocenters. The number of aromatic carboxylic acids is 1. The highest BCUT2D eigenvalue weighted by Crippen LogP contribution is 2.30. The second-order valence-corrected chi connectivity index (χ2v) is 5.24. The fraction of sp³-hybridized carbons (Fsp3) is 0.533. The van der Waals surface area contributed by atoms with Gasteiger partial charge >= 0.3 is 5.97 Å². The molecule has 4 nitrogen and oxygen atoms in total. The number of carbonyl (C=O) groups is 1. The predicted octanol–water partition coefficient (Wildman–Crippen LogP) is 2.98. The van der Waals surface area contributed by atoms with Crippen molar-refractivity contribution in [2.75, 3.05) is 23.7 Å². The molecule has 0 bridgehead atoms. The van der Waals surface area contributed by atoms with Crippen molar-refractivity contribution in [2.24, 2.45) is 5.92 Å². The molecule has 1 aliphatic heterocycles. The van der Waals surface area contributed by atoms with Crippen LogP contribution >= 0.6 is 0 Å². The Morgan fingerprint density at radius 3 is 2.89 bits per heavy atom. The summed E-state index contributed by atoms with van der Waals surface area (Å²) in [7, 11) is 0. The summed E-state index contributed by atoms with van der Waals surface area (Å²) in [6.07, 6.45) is 4.78. The van der Waals surface area contributed by atoms with Gasteiger partial charge in [0, 0.05) is 13.1 Å². The van der Waals surface area contributed by atoms with E-state index in [1.54, 1.807) is 12.1 Å². The zero-order valence-corrected chi connectivity index (χ0v) is 11.4. The number of hydrogen-bond donors (Lipinski definition) is 2. The van der Waals surface area contributed by atoms with Crippen molar-refractivity contribution in [1.29, 1.82) is 0 Å². The van der Waals surface area contributed by atoms with Gasteiger partial charge in [0.15, 0.2) is 0 Å². The fourth-order valence-corrected chi connectivity index (χ4v) is 2.83. The largest absolute Gasteiger partial charge is 0.478 e. The lowest BCUT2D eigenvalue weighted by molar-refractivity contribution is 0.0698. The minimum Gasteiger partial charge on any atom is -0.478 e. The van der Waals surface area contributed by atoms with Gasteiger partial charge in [0.05, 0.1) is 16.9 Å². The van der Waals surface area contributed by atoms with E-state index >= 15 is 0 Å². The topological polar surface area (TPSA) is 66.6 Å². The summed E-state index contributed by atoms with van der Waals surface area (Å²) in [5.41, 5.74) is 7.48.